The number of piperazine rings is 1. The van der Waals surface area contributed by atoms with Crippen LogP contribution < -0.4 is 15.0 Å². The summed E-state index contributed by atoms with van der Waals surface area (Å²) in [6.45, 7) is 5.96. The maximum absolute atomic E-state index is 12.5. The molecule has 1 saturated heterocycles. The standard InChI is InChI=1S/C21H24N4O3S/c1-2-28-15-7-8-16-19(13-15)29-21(22-16)23-20(27)14-24-9-11-25(12-10-24)17-5-3-4-6-18(17)26/h3-8,13,26H,2,9-12,14H2,1H3,(H,22,23,27). The van der Waals surface area contributed by atoms with Crippen LogP contribution in [0.3, 0.4) is 0 Å². The molecule has 2 N–H and O–H groups in total. The number of rotatable bonds is 6. The number of ether oxygens (including phenoxy) is 1. The molecule has 29 heavy (non-hydrogen) atoms. The van der Waals surface area contributed by atoms with E-state index in [1.165, 1.54) is 11.3 Å². The van der Waals surface area contributed by atoms with Gasteiger partial charge in [-0.3, -0.25) is 9.69 Å². The van der Waals surface area contributed by atoms with Crippen LogP contribution in [0, 0.1) is 0 Å². The van der Waals surface area contributed by atoms with Crippen LogP contribution in [0.2, 0.25) is 0 Å². The Kier molecular flexibility index (Phi) is 5.82. The summed E-state index contributed by atoms with van der Waals surface area (Å²) >= 11 is 1.45. The summed E-state index contributed by atoms with van der Waals surface area (Å²) in [5.41, 5.74) is 1.70. The Balaban J connectivity index is 1.31. The second-order valence-corrected chi connectivity index (χ2v) is 7.91. The van der Waals surface area contributed by atoms with Gasteiger partial charge in [-0.2, -0.15) is 0 Å². The minimum atomic E-state index is -0.0647. The number of phenols is 1. The highest BCUT2D eigenvalue weighted by atomic mass is 32.1. The second-order valence-electron chi connectivity index (χ2n) is 6.88. The van der Waals surface area contributed by atoms with Crippen molar-refractivity contribution in [2.75, 3.05) is 49.5 Å². The molecule has 3 aromatic rings. The van der Waals surface area contributed by atoms with E-state index in [-0.39, 0.29) is 5.91 Å². The van der Waals surface area contributed by atoms with Crippen LogP contribution >= 0.6 is 11.3 Å². The molecule has 0 bridgehead atoms. The number of aromatic nitrogens is 1. The average molecular weight is 413 g/mol. The highest BCUT2D eigenvalue weighted by Crippen LogP contribution is 2.29. The normalized spacial score (nSPS) is 14.9. The van der Waals surface area contributed by atoms with Gasteiger partial charge in [-0.25, -0.2) is 4.98 Å². The summed E-state index contributed by atoms with van der Waals surface area (Å²) < 4.78 is 6.51. The maximum atomic E-state index is 12.5. The zero-order valence-corrected chi connectivity index (χ0v) is 17.1. The van der Waals surface area contributed by atoms with E-state index in [0.717, 1.165) is 47.8 Å². The number of phenolic OH excluding ortho intramolecular Hbond substituents is 1. The van der Waals surface area contributed by atoms with Crippen molar-refractivity contribution in [3.05, 3.63) is 42.5 Å². The molecule has 0 atom stereocenters. The third kappa shape index (κ3) is 4.60. The molecule has 2 aromatic carbocycles. The predicted molar refractivity (Wildman–Crippen MR) is 116 cm³/mol. The number of benzene rings is 2. The smallest absolute Gasteiger partial charge is 0.240 e. The zero-order valence-electron chi connectivity index (χ0n) is 16.3. The van der Waals surface area contributed by atoms with E-state index in [9.17, 15) is 9.90 Å². The van der Waals surface area contributed by atoms with Gasteiger partial charge in [-0.05, 0) is 37.3 Å². The minimum absolute atomic E-state index is 0.0647. The van der Waals surface area contributed by atoms with E-state index in [2.05, 4.69) is 20.1 Å². The van der Waals surface area contributed by atoms with Crippen molar-refractivity contribution in [3.8, 4) is 11.5 Å². The zero-order chi connectivity index (χ0) is 20.2. The summed E-state index contributed by atoms with van der Waals surface area (Å²) in [6, 6.07) is 13.1. The first kappa shape index (κ1) is 19.5. The van der Waals surface area contributed by atoms with Crippen LogP contribution in [0.25, 0.3) is 10.2 Å². The van der Waals surface area contributed by atoms with Crippen LogP contribution in [-0.4, -0.2) is 60.2 Å². The summed E-state index contributed by atoms with van der Waals surface area (Å²) in [5, 5.41) is 13.5. The Bertz CT molecular complexity index is 999. The van der Waals surface area contributed by atoms with Crippen molar-refractivity contribution in [1.82, 2.24) is 9.88 Å². The lowest BCUT2D eigenvalue weighted by atomic mass is 10.2. The summed E-state index contributed by atoms with van der Waals surface area (Å²) in [5.74, 6) is 1.04. The first-order chi connectivity index (χ1) is 14.1. The summed E-state index contributed by atoms with van der Waals surface area (Å²) in [7, 11) is 0. The highest BCUT2D eigenvalue weighted by molar-refractivity contribution is 7.22. The van der Waals surface area contributed by atoms with E-state index in [1.807, 2.05) is 43.3 Å². The van der Waals surface area contributed by atoms with Gasteiger partial charge >= 0.3 is 0 Å². The molecular weight excluding hydrogens is 388 g/mol. The number of nitrogens with zero attached hydrogens (tertiary/aromatic N) is 3. The maximum Gasteiger partial charge on any atom is 0.240 e. The third-order valence-corrected chi connectivity index (χ3v) is 5.81. The first-order valence-corrected chi connectivity index (χ1v) is 10.5. The lowest BCUT2D eigenvalue weighted by molar-refractivity contribution is -0.117. The van der Waals surface area contributed by atoms with Gasteiger partial charge < -0.3 is 20.1 Å². The van der Waals surface area contributed by atoms with Crippen molar-refractivity contribution < 1.29 is 14.6 Å². The number of amides is 1. The predicted octanol–water partition coefficient (Wildman–Crippen LogP) is 3.16. The number of anilines is 2. The largest absolute Gasteiger partial charge is 0.506 e. The van der Waals surface area contributed by atoms with Crippen molar-refractivity contribution >= 4 is 38.3 Å². The van der Waals surface area contributed by atoms with E-state index in [0.29, 0.717) is 24.0 Å². The van der Waals surface area contributed by atoms with Crippen LogP contribution in [0.1, 0.15) is 6.92 Å². The number of aromatic hydroxyl groups is 1. The molecule has 0 radical (unpaired) electrons. The van der Waals surface area contributed by atoms with Gasteiger partial charge in [-0.1, -0.05) is 23.5 Å². The number of nitrogens with one attached hydrogen (secondary N) is 1. The second kappa shape index (κ2) is 8.67. The lowest BCUT2D eigenvalue weighted by Crippen LogP contribution is -2.48. The van der Waals surface area contributed by atoms with Crippen molar-refractivity contribution in [3.63, 3.8) is 0 Å². The molecule has 2 heterocycles. The molecule has 7 nitrogen and oxygen atoms in total. The molecule has 0 aliphatic carbocycles. The SMILES string of the molecule is CCOc1ccc2nc(NC(=O)CN3CCN(c4ccccc4O)CC3)sc2c1. The number of hydrogen-bond acceptors (Lipinski definition) is 7. The molecule has 152 valence electrons. The van der Waals surface area contributed by atoms with Crippen molar-refractivity contribution in [2.24, 2.45) is 0 Å². The van der Waals surface area contributed by atoms with Crippen molar-refractivity contribution in [2.45, 2.75) is 6.92 Å². The Labute approximate surface area is 173 Å². The van der Waals surface area contributed by atoms with Gasteiger partial charge in [0.05, 0.1) is 29.1 Å². The van der Waals surface area contributed by atoms with Crippen molar-refractivity contribution in [1.29, 1.82) is 0 Å². The average Bonchev–Trinajstić information content (AvgIpc) is 3.10. The monoisotopic (exact) mass is 412 g/mol. The van der Waals surface area contributed by atoms with Gasteiger partial charge in [0, 0.05) is 26.2 Å². The van der Waals surface area contributed by atoms with Gasteiger partial charge in [0.1, 0.15) is 11.5 Å². The number of carbonyl (C=O) groups excluding carboxylic acids is 1. The fourth-order valence-electron chi connectivity index (χ4n) is 3.46. The van der Waals surface area contributed by atoms with Gasteiger partial charge in [0.2, 0.25) is 5.91 Å². The number of carbonyl (C=O) groups is 1. The summed E-state index contributed by atoms with van der Waals surface area (Å²) in [6.07, 6.45) is 0. The van der Waals surface area contributed by atoms with Gasteiger partial charge in [0.15, 0.2) is 5.13 Å². The van der Waals surface area contributed by atoms with E-state index >= 15 is 0 Å². The summed E-state index contributed by atoms with van der Waals surface area (Å²) in [4.78, 5) is 21.2. The van der Waals surface area contributed by atoms with E-state index < -0.39 is 0 Å². The van der Waals surface area contributed by atoms with Crippen LogP contribution in [0.15, 0.2) is 42.5 Å². The molecule has 0 unspecified atom stereocenters. The number of para-hydroxylation sites is 2. The van der Waals surface area contributed by atoms with E-state index in [4.69, 9.17) is 4.74 Å². The molecule has 1 aliphatic heterocycles. The Morgan fingerprint density at radius 3 is 2.76 bits per heavy atom. The number of fused-ring (bicyclic) bond motifs is 1. The molecule has 1 aromatic heterocycles. The molecule has 1 fully saturated rings. The quantitative estimate of drug-likeness (QED) is 0.648. The fraction of sp³-hybridized carbons (Fsp3) is 0.333. The molecule has 0 saturated carbocycles. The fourth-order valence-corrected chi connectivity index (χ4v) is 4.37. The molecule has 1 aliphatic rings. The topological polar surface area (TPSA) is 77.9 Å². The molecular formula is C21H24N4O3S. The van der Waals surface area contributed by atoms with E-state index in [1.54, 1.807) is 6.07 Å². The molecule has 0 spiro atoms. The number of thiazole rings is 1. The van der Waals surface area contributed by atoms with Crippen LogP contribution in [0.5, 0.6) is 11.5 Å². The molecule has 4 rings (SSSR count). The Morgan fingerprint density at radius 2 is 2.00 bits per heavy atom. The Hall–Kier alpha value is -2.84. The number of hydrogen-bond donors (Lipinski definition) is 2. The third-order valence-electron chi connectivity index (χ3n) is 4.88. The van der Waals surface area contributed by atoms with Gasteiger partial charge in [0.25, 0.3) is 0 Å². The lowest BCUT2D eigenvalue weighted by Gasteiger charge is -2.35. The first-order valence-electron chi connectivity index (χ1n) is 9.71. The Morgan fingerprint density at radius 1 is 1.21 bits per heavy atom. The van der Waals surface area contributed by atoms with Crippen LogP contribution in [-0.2, 0) is 4.79 Å². The van der Waals surface area contributed by atoms with Crippen LogP contribution in [0.4, 0.5) is 10.8 Å². The molecule has 8 heteroatoms. The molecule has 1 amide bonds. The minimum Gasteiger partial charge on any atom is -0.506 e. The van der Waals surface area contributed by atoms with Gasteiger partial charge in [-0.15, -0.1) is 0 Å². The highest BCUT2D eigenvalue weighted by Gasteiger charge is 2.21.